The third-order valence-corrected chi connectivity index (χ3v) is 2.04. The van der Waals surface area contributed by atoms with Crippen molar-refractivity contribution in [2.24, 2.45) is 0 Å². The minimum Gasteiger partial charge on any atom is -0.394 e. The van der Waals surface area contributed by atoms with E-state index >= 15 is 0 Å². The van der Waals surface area contributed by atoms with Crippen molar-refractivity contribution in [2.75, 3.05) is 26.4 Å². The normalized spacial score (nSPS) is 11.5. The molecular weight excluding hydrogens is 198 g/mol. The zero-order valence-corrected chi connectivity index (χ0v) is 9.45. The predicted molar refractivity (Wildman–Crippen MR) is 56.4 cm³/mol. The molecule has 0 saturated carbocycles. The van der Waals surface area contributed by atoms with Gasteiger partial charge in [0.25, 0.3) is 0 Å². The molecule has 0 atom stereocenters. The number of rotatable bonds is 8. The van der Waals surface area contributed by atoms with E-state index in [9.17, 15) is 4.79 Å². The largest absolute Gasteiger partial charge is 0.394 e. The van der Waals surface area contributed by atoms with Crippen LogP contribution in [-0.2, 0) is 9.53 Å². The molecule has 0 aliphatic carbocycles. The number of aliphatic hydroxyl groups is 2. The maximum absolute atomic E-state index is 11.4. The van der Waals surface area contributed by atoms with Crippen LogP contribution in [0.2, 0.25) is 0 Å². The van der Waals surface area contributed by atoms with Gasteiger partial charge in [0.1, 0.15) is 0 Å². The third kappa shape index (κ3) is 6.43. The molecule has 0 heterocycles. The molecular formula is C10H21NO4. The summed E-state index contributed by atoms with van der Waals surface area (Å²) >= 11 is 0. The zero-order chi connectivity index (χ0) is 11.7. The monoisotopic (exact) mass is 219 g/mol. The summed E-state index contributed by atoms with van der Waals surface area (Å²) in [6.45, 7) is 4.13. The van der Waals surface area contributed by atoms with E-state index in [2.05, 4.69) is 5.32 Å². The highest BCUT2D eigenvalue weighted by atomic mass is 16.5. The van der Waals surface area contributed by atoms with Gasteiger partial charge in [-0.25, -0.2) is 0 Å². The molecule has 5 nitrogen and oxygen atoms in total. The Balaban J connectivity index is 3.72. The molecule has 0 aromatic heterocycles. The van der Waals surface area contributed by atoms with Crippen LogP contribution >= 0.6 is 0 Å². The number of carbonyl (C=O) groups is 1. The Morgan fingerprint density at radius 1 is 1.40 bits per heavy atom. The summed E-state index contributed by atoms with van der Waals surface area (Å²) in [7, 11) is 0. The highest BCUT2D eigenvalue weighted by Crippen LogP contribution is 2.02. The van der Waals surface area contributed by atoms with Crippen LogP contribution in [-0.4, -0.2) is 48.1 Å². The summed E-state index contributed by atoms with van der Waals surface area (Å²) in [4.78, 5) is 11.4. The molecule has 90 valence electrons. The molecule has 0 aromatic rings. The van der Waals surface area contributed by atoms with Crippen molar-refractivity contribution in [1.82, 2.24) is 5.32 Å². The number of hydrogen-bond donors (Lipinski definition) is 3. The lowest BCUT2D eigenvalue weighted by atomic mass is 10.1. The van der Waals surface area contributed by atoms with Gasteiger partial charge < -0.3 is 20.3 Å². The van der Waals surface area contributed by atoms with Crippen molar-refractivity contribution in [3.8, 4) is 0 Å². The smallest absolute Gasteiger partial charge is 0.220 e. The lowest BCUT2D eigenvalue weighted by Crippen LogP contribution is -2.51. The van der Waals surface area contributed by atoms with Crippen LogP contribution in [0.5, 0.6) is 0 Å². The van der Waals surface area contributed by atoms with Crippen molar-refractivity contribution in [1.29, 1.82) is 0 Å². The summed E-state index contributed by atoms with van der Waals surface area (Å²) in [6, 6.07) is 0. The van der Waals surface area contributed by atoms with E-state index in [1.54, 1.807) is 6.92 Å². The standard InChI is InChI=1S/C10H21NO4/c1-3-15-6-4-5-9(14)11-10(2,7-12)8-13/h12-13H,3-8H2,1-2H3,(H,11,14). The maximum atomic E-state index is 11.4. The quantitative estimate of drug-likeness (QED) is 0.488. The van der Waals surface area contributed by atoms with Gasteiger partial charge in [-0.1, -0.05) is 0 Å². The molecule has 3 N–H and O–H groups in total. The van der Waals surface area contributed by atoms with Gasteiger partial charge in [-0.05, 0) is 20.3 Å². The first kappa shape index (κ1) is 14.3. The van der Waals surface area contributed by atoms with Crippen LogP contribution in [0.15, 0.2) is 0 Å². The number of aliphatic hydroxyl groups excluding tert-OH is 2. The van der Waals surface area contributed by atoms with E-state index in [-0.39, 0.29) is 19.1 Å². The average molecular weight is 219 g/mol. The molecule has 5 heteroatoms. The Morgan fingerprint density at radius 2 is 2.00 bits per heavy atom. The van der Waals surface area contributed by atoms with Crippen LogP contribution in [0, 0.1) is 0 Å². The zero-order valence-electron chi connectivity index (χ0n) is 9.45. The molecule has 0 unspecified atom stereocenters. The Kier molecular flexibility index (Phi) is 7.29. The molecule has 15 heavy (non-hydrogen) atoms. The van der Waals surface area contributed by atoms with Gasteiger partial charge in [-0.3, -0.25) is 4.79 Å². The van der Waals surface area contributed by atoms with Crippen molar-refractivity contribution >= 4 is 5.91 Å². The molecule has 0 bridgehead atoms. The van der Waals surface area contributed by atoms with Crippen LogP contribution in [0.4, 0.5) is 0 Å². The first-order valence-electron chi connectivity index (χ1n) is 5.18. The van der Waals surface area contributed by atoms with E-state index in [1.807, 2.05) is 6.92 Å². The lowest BCUT2D eigenvalue weighted by Gasteiger charge is -2.26. The molecule has 1 amide bonds. The molecule has 0 rings (SSSR count). The summed E-state index contributed by atoms with van der Waals surface area (Å²) in [6.07, 6.45) is 0.988. The fraction of sp³-hybridized carbons (Fsp3) is 0.900. The Morgan fingerprint density at radius 3 is 2.47 bits per heavy atom. The Labute approximate surface area is 90.4 Å². The molecule has 0 fully saturated rings. The number of nitrogens with one attached hydrogen (secondary N) is 1. The maximum Gasteiger partial charge on any atom is 0.220 e. The summed E-state index contributed by atoms with van der Waals surface area (Å²) in [5, 5.41) is 20.5. The van der Waals surface area contributed by atoms with Crippen molar-refractivity contribution < 1.29 is 19.7 Å². The van der Waals surface area contributed by atoms with E-state index in [0.29, 0.717) is 26.1 Å². The first-order valence-corrected chi connectivity index (χ1v) is 5.18. The van der Waals surface area contributed by atoms with Crippen LogP contribution < -0.4 is 5.32 Å². The number of hydrogen-bond acceptors (Lipinski definition) is 4. The SMILES string of the molecule is CCOCCCC(=O)NC(C)(CO)CO. The molecule has 0 spiro atoms. The number of ether oxygens (including phenoxy) is 1. The number of carbonyl (C=O) groups excluding carboxylic acids is 1. The topological polar surface area (TPSA) is 78.8 Å². The molecule has 0 saturated heterocycles. The first-order chi connectivity index (χ1) is 7.08. The van der Waals surface area contributed by atoms with Crippen molar-refractivity contribution in [2.45, 2.75) is 32.2 Å². The second kappa shape index (κ2) is 7.62. The van der Waals surface area contributed by atoms with Crippen molar-refractivity contribution in [3.63, 3.8) is 0 Å². The van der Waals surface area contributed by atoms with Crippen LogP contribution in [0.3, 0.4) is 0 Å². The van der Waals surface area contributed by atoms with Gasteiger partial charge in [-0.2, -0.15) is 0 Å². The Hall–Kier alpha value is -0.650. The molecule has 0 radical (unpaired) electrons. The van der Waals surface area contributed by atoms with Crippen LogP contribution in [0.1, 0.15) is 26.7 Å². The van der Waals surface area contributed by atoms with E-state index in [1.165, 1.54) is 0 Å². The van der Waals surface area contributed by atoms with Gasteiger partial charge in [-0.15, -0.1) is 0 Å². The van der Waals surface area contributed by atoms with Crippen molar-refractivity contribution in [3.05, 3.63) is 0 Å². The predicted octanol–water partition coefficient (Wildman–Crippen LogP) is -0.337. The highest BCUT2D eigenvalue weighted by Gasteiger charge is 2.23. The third-order valence-electron chi connectivity index (χ3n) is 2.04. The second-order valence-electron chi connectivity index (χ2n) is 3.73. The fourth-order valence-electron chi connectivity index (χ4n) is 1.01. The van der Waals surface area contributed by atoms with E-state index in [4.69, 9.17) is 14.9 Å². The van der Waals surface area contributed by atoms with Gasteiger partial charge in [0.2, 0.25) is 5.91 Å². The van der Waals surface area contributed by atoms with Gasteiger partial charge >= 0.3 is 0 Å². The van der Waals surface area contributed by atoms with E-state index < -0.39 is 5.54 Å². The average Bonchev–Trinajstić information content (AvgIpc) is 2.24. The molecule has 0 aliphatic rings. The minimum atomic E-state index is -0.928. The summed E-state index contributed by atoms with van der Waals surface area (Å²) in [5.74, 6) is -0.180. The summed E-state index contributed by atoms with van der Waals surface area (Å²) < 4.78 is 5.09. The van der Waals surface area contributed by atoms with Crippen LogP contribution in [0.25, 0.3) is 0 Å². The number of amides is 1. The molecule has 0 aliphatic heterocycles. The highest BCUT2D eigenvalue weighted by molar-refractivity contribution is 5.76. The van der Waals surface area contributed by atoms with Gasteiger partial charge in [0, 0.05) is 19.6 Å². The summed E-state index contributed by atoms with van der Waals surface area (Å²) in [5.41, 5.74) is -0.928. The fourth-order valence-corrected chi connectivity index (χ4v) is 1.01. The lowest BCUT2D eigenvalue weighted by molar-refractivity contribution is -0.124. The second-order valence-corrected chi connectivity index (χ2v) is 3.73. The van der Waals surface area contributed by atoms with Gasteiger partial charge in [0.15, 0.2) is 0 Å². The minimum absolute atomic E-state index is 0.180. The van der Waals surface area contributed by atoms with Gasteiger partial charge in [0.05, 0.1) is 18.8 Å². The molecule has 0 aromatic carbocycles. The Bertz CT molecular complexity index is 180. The van der Waals surface area contributed by atoms with E-state index in [0.717, 1.165) is 0 Å².